The lowest BCUT2D eigenvalue weighted by molar-refractivity contribution is 1.21. The summed E-state index contributed by atoms with van der Waals surface area (Å²) < 4.78 is 0. The van der Waals surface area contributed by atoms with Crippen LogP contribution in [0.15, 0.2) is 36.4 Å². The van der Waals surface area contributed by atoms with Crippen molar-refractivity contribution in [3.63, 3.8) is 0 Å². The fourth-order valence-corrected chi connectivity index (χ4v) is 0.827. The highest BCUT2D eigenvalue weighted by Crippen LogP contribution is 2.05. The summed E-state index contributed by atoms with van der Waals surface area (Å²) in [6.45, 7) is 4.19. The Balaban J connectivity index is 2.65. The topological polar surface area (TPSA) is 0 Å². The Morgan fingerprint density at radius 1 is 1.09 bits per heavy atom. The van der Waals surface area contributed by atoms with Gasteiger partial charge in [0.15, 0.2) is 0 Å². The fraction of sp³-hybridized carbons (Fsp3) is 0.182. The van der Waals surface area contributed by atoms with Crippen LogP contribution in [0.3, 0.4) is 0 Å². The highest BCUT2D eigenvalue weighted by atomic mass is 13.9. The van der Waals surface area contributed by atoms with Crippen molar-refractivity contribution >= 4 is 6.08 Å². The van der Waals surface area contributed by atoms with E-state index in [2.05, 4.69) is 38.1 Å². The van der Waals surface area contributed by atoms with Crippen LogP contribution in [-0.4, -0.2) is 0 Å². The number of rotatable bonds is 2. The molecule has 0 amide bonds. The molecular formula is C11H13. The summed E-state index contributed by atoms with van der Waals surface area (Å²) in [5, 5.41) is 0. The minimum Gasteiger partial charge on any atom is -0.0774 e. The first-order valence-electron chi connectivity index (χ1n) is 3.82. The molecule has 1 radical (unpaired) electrons. The second-order valence-corrected chi connectivity index (χ2v) is 2.82. The van der Waals surface area contributed by atoms with E-state index in [0.717, 1.165) is 0 Å². The molecule has 0 aliphatic heterocycles. The van der Waals surface area contributed by atoms with Crippen molar-refractivity contribution in [1.29, 1.82) is 0 Å². The molecular weight excluding hydrogens is 132 g/mol. The van der Waals surface area contributed by atoms with Crippen molar-refractivity contribution in [2.75, 3.05) is 0 Å². The zero-order valence-electron chi connectivity index (χ0n) is 7.04. The van der Waals surface area contributed by atoms with Crippen molar-refractivity contribution in [2.24, 2.45) is 0 Å². The number of benzene rings is 1. The smallest absolute Gasteiger partial charge is 0.00857 e. The molecule has 0 saturated heterocycles. The van der Waals surface area contributed by atoms with E-state index in [9.17, 15) is 0 Å². The van der Waals surface area contributed by atoms with Crippen LogP contribution >= 0.6 is 0 Å². The molecule has 1 aromatic carbocycles. The summed E-state index contributed by atoms with van der Waals surface area (Å²) >= 11 is 0. The Morgan fingerprint density at radius 3 is 2.27 bits per heavy atom. The molecule has 0 fully saturated rings. The maximum absolute atomic E-state index is 2.12. The van der Waals surface area contributed by atoms with Crippen LogP contribution in [0.1, 0.15) is 19.4 Å². The van der Waals surface area contributed by atoms with Gasteiger partial charge < -0.3 is 0 Å². The van der Waals surface area contributed by atoms with Crippen LogP contribution in [0.5, 0.6) is 0 Å². The van der Waals surface area contributed by atoms with Crippen molar-refractivity contribution in [1.82, 2.24) is 0 Å². The fourth-order valence-electron chi connectivity index (χ4n) is 0.827. The Labute approximate surface area is 68.6 Å². The summed E-state index contributed by atoms with van der Waals surface area (Å²) in [7, 11) is 0. The second-order valence-electron chi connectivity index (χ2n) is 2.82. The minimum absolute atomic E-state index is 1.26. The maximum Gasteiger partial charge on any atom is -0.00857 e. The molecule has 0 heteroatoms. The van der Waals surface area contributed by atoms with Gasteiger partial charge in [-0.15, -0.1) is 0 Å². The lowest BCUT2D eigenvalue weighted by atomic mass is 10.1. The van der Waals surface area contributed by atoms with E-state index in [1.807, 2.05) is 18.2 Å². The molecule has 0 unspecified atom stereocenters. The Kier molecular flexibility index (Phi) is 2.91. The SMILES string of the molecule is C[C](C)/C=C/c1ccccc1. The molecule has 11 heavy (non-hydrogen) atoms. The number of hydrogen-bond donors (Lipinski definition) is 0. The van der Waals surface area contributed by atoms with Crippen molar-refractivity contribution in [2.45, 2.75) is 13.8 Å². The van der Waals surface area contributed by atoms with Gasteiger partial charge in [0.2, 0.25) is 0 Å². The van der Waals surface area contributed by atoms with Crippen molar-refractivity contribution in [3.05, 3.63) is 47.9 Å². The van der Waals surface area contributed by atoms with Crippen LogP contribution in [0, 0.1) is 5.92 Å². The first-order chi connectivity index (χ1) is 5.29. The van der Waals surface area contributed by atoms with Crippen LogP contribution in [0.4, 0.5) is 0 Å². The highest BCUT2D eigenvalue weighted by molar-refractivity contribution is 5.50. The van der Waals surface area contributed by atoms with Crippen LogP contribution in [-0.2, 0) is 0 Å². The van der Waals surface area contributed by atoms with Gasteiger partial charge in [-0.3, -0.25) is 0 Å². The molecule has 0 spiro atoms. The van der Waals surface area contributed by atoms with Gasteiger partial charge in [-0.05, 0) is 11.5 Å². The summed E-state index contributed by atoms with van der Waals surface area (Å²) in [6, 6.07) is 10.3. The molecule has 0 aromatic heterocycles. The van der Waals surface area contributed by atoms with Gasteiger partial charge >= 0.3 is 0 Å². The maximum atomic E-state index is 2.12. The third-order valence-corrected chi connectivity index (χ3v) is 1.41. The Bertz CT molecular complexity index is 219. The molecule has 0 atom stereocenters. The van der Waals surface area contributed by atoms with Gasteiger partial charge in [-0.2, -0.15) is 0 Å². The molecule has 0 aliphatic carbocycles. The molecule has 0 aliphatic rings. The predicted molar refractivity (Wildman–Crippen MR) is 50.1 cm³/mol. The second kappa shape index (κ2) is 3.97. The minimum atomic E-state index is 1.26. The average molecular weight is 145 g/mol. The third-order valence-electron chi connectivity index (χ3n) is 1.41. The van der Waals surface area contributed by atoms with Gasteiger partial charge in [0.1, 0.15) is 0 Å². The molecule has 1 aromatic rings. The summed E-state index contributed by atoms with van der Waals surface area (Å²) in [5.41, 5.74) is 1.26. The predicted octanol–water partition coefficient (Wildman–Crippen LogP) is 3.31. The molecule has 1 rings (SSSR count). The summed E-state index contributed by atoms with van der Waals surface area (Å²) in [6.07, 6.45) is 4.24. The van der Waals surface area contributed by atoms with Gasteiger partial charge in [0, 0.05) is 0 Å². The van der Waals surface area contributed by atoms with Gasteiger partial charge in [0.05, 0.1) is 0 Å². The Hall–Kier alpha value is -1.04. The van der Waals surface area contributed by atoms with Crippen molar-refractivity contribution in [3.8, 4) is 0 Å². The first-order valence-corrected chi connectivity index (χ1v) is 3.82. The molecule has 0 saturated carbocycles. The van der Waals surface area contributed by atoms with E-state index in [0.29, 0.717) is 0 Å². The molecule has 0 nitrogen and oxygen atoms in total. The van der Waals surface area contributed by atoms with E-state index in [-0.39, 0.29) is 0 Å². The lowest BCUT2D eigenvalue weighted by Gasteiger charge is -1.93. The largest absolute Gasteiger partial charge is 0.0774 e. The molecule has 57 valence electrons. The van der Waals surface area contributed by atoms with E-state index in [1.54, 1.807) is 0 Å². The first kappa shape index (κ1) is 8.06. The van der Waals surface area contributed by atoms with Gasteiger partial charge in [-0.25, -0.2) is 0 Å². The van der Waals surface area contributed by atoms with E-state index < -0.39 is 0 Å². The van der Waals surface area contributed by atoms with Crippen LogP contribution < -0.4 is 0 Å². The standard InChI is InChI=1S/C11H13/c1-10(2)8-9-11-6-4-3-5-7-11/h3-9H,1-2H3/b9-8+. The molecule has 0 N–H and O–H groups in total. The summed E-state index contributed by atoms with van der Waals surface area (Å²) in [5.74, 6) is 1.33. The number of hydrogen-bond acceptors (Lipinski definition) is 0. The normalized spacial score (nSPS) is 11.2. The monoisotopic (exact) mass is 145 g/mol. The highest BCUT2D eigenvalue weighted by Gasteiger charge is 1.85. The quantitative estimate of drug-likeness (QED) is 0.599. The van der Waals surface area contributed by atoms with E-state index in [4.69, 9.17) is 0 Å². The lowest BCUT2D eigenvalue weighted by Crippen LogP contribution is -1.74. The third kappa shape index (κ3) is 3.03. The van der Waals surface area contributed by atoms with E-state index in [1.165, 1.54) is 11.5 Å². The zero-order chi connectivity index (χ0) is 8.10. The van der Waals surface area contributed by atoms with Crippen LogP contribution in [0.25, 0.3) is 6.08 Å². The summed E-state index contributed by atoms with van der Waals surface area (Å²) in [4.78, 5) is 0. The molecule has 0 bridgehead atoms. The molecule has 0 heterocycles. The zero-order valence-corrected chi connectivity index (χ0v) is 7.04. The van der Waals surface area contributed by atoms with E-state index >= 15 is 0 Å². The number of allylic oxidation sites excluding steroid dienone is 1. The van der Waals surface area contributed by atoms with Crippen molar-refractivity contribution < 1.29 is 0 Å². The van der Waals surface area contributed by atoms with Gasteiger partial charge in [0.25, 0.3) is 0 Å². The van der Waals surface area contributed by atoms with Crippen LogP contribution in [0.2, 0.25) is 0 Å². The van der Waals surface area contributed by atoms with Gasteiger partial charge in [-0.1, -0.05) is 56.3 Å². The average Bonchev–Trinajstić information content (AvgIpc) is 2.03. The Morgan fingerprint density at radius 2 is 1.73 bits per heavy atom.